The van der Waals surface area contributed by atoms with Crippen molar-refractivity contribution in [2.75, 3.05) is 10.6 Å². The van der Waals surface area contributed by atoms with Crippen LogP contribution in [0.5, 0.6) is 0 Å². The first-order valence-electron chi connectivity index (χ1n) is 8.11. The minimum absolute atomic E-state index is 0.189. The zero-order valence-corrected chi connectivity index (χ0v) is 14.5. The van der Waals surface area contributed by atoms with Gasteiger partial charge < -0.3 is 5.32 Å². The minimum Gasteiger partial charge on any atom is -0.367 e. The van der Waals surface area contributed by atoms with E-state index in [9.17, 15) is 4.79 Å². The Hall–Kier alpha value is -2.80. The van der Waals surface area contributed by atoms with Gasteiger partial charge in [0.15, 0.2) is 5.13 Å². The third-order valence-electron chi connectivity index (χ3n) is 3.79. The van der Waals surface area contributed by atoms with Gasteiger partial charge >= 0.3 is 0 Å². The van der Waals surface area contributed by atoms with E-state index in [-0.39, 0.29) is 5.91 Å². The van der Waals surface area contributed by atoms with Crippen molar-refractivity contribution < 1.29 is 4.79 Å². The predicted octanol–water partition coefficient (Wildman–Crippen LogP) is 3.74. The maximum absolute atomic E-state index is 12.6. The molecule has 3 aromatic rings. The maximum atomic E-state index is 12.6. The van der Waals surface area contributed by atoms with Gasteiger partial charge in [-0.1, -0.05) is 17.4 Å². The van der Waals surface area contributed by atoms with Gasteiger partial charge in [0, 0.05) is 29.7 Å². The minimum atomic E-state index is -0.189. The molecule has 1 fully saturated rings. The summed E-state index contributed by atoms with van der Waals surface area (Å²) in [5.74, 6) is 0.562. The van der Waals surface area contributed by atoms with Crippen molar-refractivity contribution in [2.24, 2.45) is 0 Å². The molecule has 3 heterocycles. The van der Waals surface area contributed by atoms with Crippen molar-refractivity contribution >= 4 is 28.2 Å². The summed E-state index contributed by atoms with van der Waals surface area (Å²) in [6.45, 7) is 1.89. The molecule has 0 saturated heterocycles. The largest absolute Gasteiger partial charge is 0.367 e. The van der Waals surface area contributed by atoms with Crippen LogP contribution in [0.4, 0.5) is 10.9 Å². The molecule has 0 atom stereocenters. The number of rotatable bonds is 5. The second kappa shape index (κ2) is 6.60. The first-order chi connectivity index (χ1) is 12.2. The number of thiazole rings is 1. The third-order valence-corrected chi connectivity index (χ3v) is 4.72. The fraction of sp³-hybridized carbons (Fsp3) is 0.222. The van der Waals surface area contributed by atoms with E-state index in [4.69, 9.17) is 0 Å². The Morgan fingerprint density at radius 3 is 2.88 bits per heavy atom. The lowest BCUT2D eigenvalue weighted by molar-refractivity contribution is 0.102. The van der Waals surface area contributed by atoms with E-state index in [0.29, 0.717) is 16.7 Å². The quantitative estimate of drug-likeness (QED) is 0.732. The molecule has 0 bridgehead atoms. The Balaban J connectivity index is 1.50. The fourth-order valence-electron chi connectivity index (χ4n) is 2.44. The molecule has 126 valence electrons. The van der Waals surface area contributed by atoms with Crippen molar-refractivity contribution in [1.29, 1.82) is 0 Å². The summed E-state index contributed by atoms with van der Waals surface area (Å²) in [6, 6.07) is 9.77. The highest BCUT2D eigenvalue weighted by Crippen LogP contribution is 2.28. The van der Waals surface area contributed by atoms with E-state index in [1.54, 1.807) is 24.5 Å². The summed E-state index contributed by atoms with van der Waals surface area (Å²) in [5, 5.41) is 6.74. The summed E-state index contributed by atoms with van der Waals surface area (Å²) in [7, 11) is 0. The van der Waals surface area contributed by atoms with Gasteiger partial charge in [0.1, 0.15) is 5.82 Å². The Morgan fingerprint density at radius 1 is 1.24 bits per heavy atom. The molecule has 0 radical (unpaired) electrons. The lowest BCUT2D eigenvalue weighted by Crippen LogP contribution is -2.13. The average molecular weight is 351 g/mol. The molecule has 0 unspecified atom stereocenters. The molecule has 3 aromatic heterocycles. The van der Waals surface area contributed by atoms with Gasteiger partial charge in [-0.2, -0.15) is 0 Å². The van der Waals surface area contributed by atoms with Crippen LogP contribution < -0.4 is 10.6 Å². The molecule has 1 aliphatic carbocycles. The topological polar surface area (TPSA) is 79.8 Å². The number of nitrogens with one attached hydrogen (secondary N) is 2. The van der Waals surface area contributed by atoms with Crippen LogP contribution >= 0.6 is 11.3 Å². The number of pyridine rings is 2. The smallest absolute Gasteiger partial charge is 0.257 e. The van der Waals surface area contributed by atoms with Crippen molar-refractivity contribution in [3.05, 3.63) is 54.0 Å². The SMILES string of the molecule is Cc1cc(C(=O)Nc2ncc(-c3ccccn3)s2)cc(NC2CC2)n1. The number of aryl methyl sites for hydroxylation is 1. The van der Waals surface area contributed by atoms with Crippen molar-refractivity contribution in [3.63, 3.8) is 0 Å². The maximum Gasteiger partial charge on any atom is 0.257 e. The van der Waals surface area contributed by atoms with Crippen LogP contribution in [0, 0.1) is 6.92 Å². The third kappa shape index (κ3) is 3.83. The Morgan fingerprint density at radius 2 is 2.12 bits per heavy atom. The zero-order valence-electron chi connectivity index (χ0n) is 13.7. The standard InChI is InChI=1S/C18H17N5OS/c1-11-8-12(9-16(21-11)22-13-5-6-13)17(24)23-18-20-10-15(25-18)14-4-2-3-7-19-14/h2-4,7-10,13H,5-6H2,1H3,(H,21,22)(H,20,23,24). The molecule has 2 N–H and O–H groups in total. The number of carbonyl (C=O) groups excluding carboxylic acids is 1. The molecule has 4 rings (SSSR count). The number of aromatic nitrogens is 3. The van der Waals surface area contributed by atoms with Gasteiger partial charge in [0.25, 0.3) is 5.91 Å². The zero-order chi connectivity index (χ0) is 17.2. The van der Waals surface area contributed by atoms with Crippen LogP contribution in [-0.4, -0.2) is 26.9 Å². The van der Waals surface area contributed by atoms with Crippen LogP contribution in [0.2, 0.25) is 0 Å². The number of carbonyl (C=O) groups is 1. The Labute approximate surface area is 149 Å². The molecule has 25 heavy (non-hydrogen) atoms. The number of hydrogen-bond donors (Lipinski definition) is 2. The highest BCUT2D eigenvalue weighted by atomic mass is 32.1. The monoisotopic (exact) mass is 351 g/mol. The van der Waals surface area contributed by atoms with Crippen molar-refractivity contribution in [1.82, 2.24) is 15.0 Å². The molecule has 6 nitrogen and oxygen atoms in total. The van der Waals surface area contributed by atoms with E-state index in [1.165, 1.54) is 11.3 Å². The molecule has 0 aliphatic heterocycles. The van der Waals surface area contributed by atoms with Crippen LogP contribution in [-0.2, 0) is 0 Å². The highest BCUT2D eigenvalue weighted by Gasteiger charge is 2.22. The van der Waals surface area contributed by atoms with Crippen LogP contribution in [0.25, 0.3) is 10.6 Å². The number of hydrogen-bond acceptors (Lipinski definition) is 6. The molecule has 0 aromatic carbocycles. The van der Waals surface area contributed by atoms with Gasteiger partial charge in [-0.05, 0) is 44.0 Å². The number of amides is 1. The van der Waals surface area contributed by atoms with E-state index in [0.717, 1.165) is 34.9 Å². The molecule has 1 aliphatic rings. The van der Waals surface area contributed by atoms with Crippen LogP contribution in [0.15, 0.2) is 42.7 Å². The average Bonchev–Trinajstić information content (AvgIpc) is 3.30. The number of anilines is 2. The first kappa shape index (κ1) is 15.7. The van der Waals surface area contributed by atoms with Crippen LogP contribution in [0.1, 0.15) is 28.9 Å². The van der Waals surface area contributed by atoms with Gasteiger partial charge in [-0.15, -0.1) is 0 Å². The predicted molar refractivity (Wildman–Crippen MR) is 98.9 cm³/mol. The lowest BCUT2D eigenvalue weighted by Gasteiger charge is -2.08. The van der Waals surface area contributed by atoms with E-state index < -0.39 is 0 Å². The Kier molecular flexibility index (Phi) is 4.15. The molecule has 7 heteroatoms. The first-order valence-corrected chi connectivity index (χ1v) is 8.93. The molecule has 0 spiro atoms. The summed E-state index contributed by atoms with van der Waals surface area (Å²) < 4.78 is 0. The van der Waals surface area contributed by atoms with E-state index in [2.05, 4.69) is 25.6 Å². The van der Waals surface area contributed by atoms with Crippen molar-refractivity contribution in [2.45, 2.75) is 25.8 Å². The second-order valence-electron chi connectivity index (χ2n) is 6.00. The summed E-state index contributed by atoms with van der Waals surface area (Å²) in [4.78, 5) is 26.5. The Bertz CT molecular complexity index is 905. The van der Waals surface area contributed by atoms with Gasteiger partial charge in [0.05, 0.1) is 10.6 Å². The molecular weight excluding hydrogens is 334 g/mol. The van der Waals surface area contributed by atoms with Gasteiger partial charge in [0.2, 0.25) is 0 Å². The molecule has 1 saturated carbocycles. The van der Waals surface area contributed by atoms with E-state index in [1.807, 2.05) is 25.1 Å². The second-order valence-corrected chi connectivity index (χ2v) is 7.03. The van der Waals surface area contributed by atoms with Crippen LogP contribution in [0.3, 0.4) is 0 Å². The summed E-state index contributed by atoms with van der Waals surface area (Å²) >= 11 is 1.40. The number of nitrogens with zero attached hydrogens (tertiary/aromatic N) is 3. The molecular formula is C18H17N5OS. The summed E-state index contributed by atoms with van der Waals surface area (Å²) in [5.41, 5.74) is 2.23. The van der Waals surface area contributed by atoms with Gasteiger partial charge in [-0.25, -0.2) is 9.97 Å². The molecule has 1 amide bonds. The lowest BCUT2D eigenvalue weighted by atomic mass is 10.2. The fourth-order valence-corrected chi connectivity index (χ4v) is 3.23. The summed E-state index contributed by atoms with van der Waals surface area (Å²) in [6.07, 6.45) is 5.78. The highest BCUT2D eigenvalue weighted by molar-refractivity contribution is 7.19. The normalized spacial score (nSPS) is 13.5. The van der Waals surface area contributed by atoms with Gasteiger partial charge in [-0.3, -0.25) is 15.1 Å². The van der Waals surface area contributed by atoms with Crippen molar-refractivity contribution in [3.8, 4) is 10.6 Å². The van der Waals surface area contributed by atoms with E-state index >= 15 is 0 Å².